The Morgan fingerprint density at radius 1 is 1.18 bits per heavy atom. The van der Waals surface area contributed by atoms with E-state index in [1.54, 1.807) is 0 Å². The van der Waals surface area contributed by atoms with Gasteiger partial charge in [0, 0.05) is 38.0 Å². The van der Waals surface area contributed by atoms with Gasteiger partial charge in [-0.15, -0.1) is 11.3 Å². The van der Waals surface area contributed by atoms with E-state index in [2.05, 4.69) is 5.32 Å². The second kappa shape index (κ2) is 8.48. The molecule has 0 bridgehead atoms. The molecule has 0 unspecified atom stereocenters. The lowest BCUT2D eigenvalue weighted by Crippen LogP contribution is -2.46. The third kappa shape index (κ3) is 4.10. The van der Waals surface area contributed by atoms with Gasteiger partial charge in [-0.2, -0.15) is 17.0 Å². The third-order valence-electron chi connectivity index (χ3n) is 5.41. The van der Waals surface area contributed by atoms with Crippen molar-refractivity contribution in [2.75, 3.05) is 39.6 Å². The predicted octanol–water partition coefficient (Wildman–Crippen LogP) is 1.87. The number of ether oxygens (including phenoxy) is 1. The maximum absolute atomic E-state index is 12.8. The summed E-state index contributed by atoms with van der Waals surface area (Å²) in [4.78, 5) is 26.2. The lowest BCUT2D eigenvalue weighted by atomic mass is 9.95. The van der Waals surface area contributed by atoms with Crippen LogP contribution in [0.3, 0.4) is 0 Å². The summed E-state index contributed by atoms with van der Waals surface area (Å²) < 4.78 is 32.0. The van der Waals surface area contributed by atoms with Gasteiger partial charge in [-0.1, -0.05) is 0 Å². The van der Waals surface area contributed by atoms with Crippen LogP contribution in [0, 0.1) is 5.92 Å². The van der Waals surface area contributed by atoms with Gasteiger partial charge in [0.05, 0.1) is 12.7 Å². The van der Waals surface area contributed by atoms with Crippen LogP contribution in [0.15, 0.2) is 0 Å². The molecule has 0 atom stereocenters. The molecule has 1 saturated heterocycles. The van der Waals surface area contributed by atoms with Gasteiger partial charge < -0.3 is 10.1 Å². The Hall–Kier alpha value is -1.49. The molecule has 1 amide bonds. The summed E-state index contributed by atoms with van der Waals surface area (Å²) in [6.45, 7) is 0.618. The fourth-order valence-electron chi connectivity index (χ4n) is 3.77. The summed E-state index contributed by atoms with van der Waals surface area (Å²) in [6.07, 6.45) is 4.77. The topological polar surface area (TPSA) is 96.0 Å². The van der Waals surface area contributed by atoms with Crippen LogP contribution in [0.2, 0.25) is 0 Å². The molecule has 0 aromatic carbocycles. The van der Waals surface area contributed by atoms with Gasteiger partial charge in [0.1, 0.15) is 5.00 Å². The Morgan fingerprint density at radius 2 is 1.82 bits per heavy atom. The number of methoxy groups -OCH3 is 1. The van der Waals surface area contributed by atoms with Crippen molar-refractivity contribution in [3.63, 3.8) is 0 Å². The number of carbonyl (C=O) groups is 2. The van der Waals surface area contributed by atoms with Crippen LogP contribution in [-0.2, 0) is 32.6 Å². The second-order valence-electron chi connectivity index (χ2n) is 7.36. The first kappa shape index (κ1) is 21.2. The molecule has 2 heterocycles. The number of amides is 1. The lowest BCUT2D eigenvalue weighted by Gasteiger charge is -2.32. The van der Waals surface area contributed by atoms with Crippen LogP contribution in [0.1, 0.15) is 46.5 Å². The molecule has 156 valence electrons. The molecule has 0 spiro atoms. The smallest absolute Gasteiger partial charge is 0.341 e. The van der Waals surface area contributed by atoms with Crippen molar-refractivity contribution in [3.05, 3.63) is 16.0 Å². The van der Waals surface area contributed by atoms with E-state index in [1.165, 1.54) is 41.2 Å². The highest BCUT2D eigenvalue weighted by Gasteiger charge is 2.33. The quantitative estimate of drug-likeness (QED) is 0.721. The zero-order valence-corrected chi connectivity index (χ0v) is 18.1. The van der Waals surface area contributed by atoms with Gasteiger partial charge in [-0.05, 0) is 44.1 Å². The lowest BCUT2D eigenvalue weighted by molar-refractivity contribution is -0.120. The van der Waals surface area contributed by atoms with Crippen molar-refractivity contribution < 1.29 is 22.7 Å². The number of anilines is 1. The first-order valence-electron chi connectivity index (χ1n) is 9.47. The van der Waals surface area contributed by atoms with E-state index in [1.807, 2.05) is 0 Å². The van der Waals surface area contributed by atoms with Crippen molar-refractivity contribution in [2.24, 2.45) is 5.92 Å². The standard InChI is InChI=1S/C18H27N3O5S2/c1-20(2)28(24,25)21-10-8-12(9-11-21)16(22)19-17-15(18(23)26-3)13-6-4-5-7-14(13)27-17/h12H,4-11H2,1-3H3,(H,19,22). The molecule has 0 saturated carbocycles. The normalized spacial score (nSPS) is 18.7. The van der Waals surface area contributed by atoms with E-state index in [-0.39, 0.29) is 11.8 Å². The molecule has 1 aliphatic heterocycles. The zero-order valence-electron chi connectivity index (χ0n) is 16.5. The van der Waals surface area contributed by atoms with E-state index in [4.69, 9.17) is 4.74 Å². The molecule has 1 aromatic rings. The average molecular weight is 430 g/mol. The molecule has 1 aliphatic carbocycles. The molecular weight excluding hydrogens is 402 g/mol. The fraction of sp³-hybridized carbons (Fsp3) is 0.667. The Labute approximate surface area is 170 Å². The van der Waals surface area contributed by atoms with E-state index < -0.39 is 16.2 Å². The molecular formula is C18H27N3O5S2. The average Bonchev–Trinajstić information content (AvgIpc) is 3.05. The maximum atomic E-state index is 12.8. The highest BCUT2D eigenvalue weighted by atomic mass is 32.2. The van der Waals surface area contributed by atoms with Crippen molar-refractivity contribution in [1.29, 1.82) is 0 Å². The Bertz CT molecular complexity index is 855. The van der Waals surface area contributed by atoms with Gasteiger partial charge >= 0.3 is 5.97 Å². The molecule has 28 heavy (non-hydrogen) atoms. The minimum absolute atomic E-state index is 0.161. The Morgan fingerprint density at radius 3 is 2.43 bits per heavy atom. The maximum Gasteiger partial charge on any atom is 0.341 e. The summed E-state index contributed by atoms with van der Waals surface area (Å²) in [5.41, 5.74) is 1.49. The summed E-state index contributed by atoms with van der Waals surface area (Å²) in [5, 5.41) is 3.49. The van der Waals surface area contributed by atoms with E-state index in [9.17, 15) is 18.0 Å². The van der Waals surface area contributed by atoms with Crippen LogP contribution in [0.5, 0.6) is 0 Å². The van der Waals surface area contributed by atoms with Gasteiger partial charge in [0.15, 0.2) is 0 Å². The van der Waals surface area contributed by atoms with E-state index in [0.29, 0.717) is 36.5 Å². The summed E-state index contributed by atoms with van der Waals surface area (Å²) in [7, 11) is 0.895. The number of aryl methyl sites for hydroxylation is 1. The highest BCUT2D eigenvalue weighted by Crippen LogP contribution is 2.39. The van der Waals surface area contributed by atoms with Gasteiger partial charge in [0.2, 0.25) is 5.91 Å². The van der Waals surface area contributed by atoms with Crippen molar-refractivity contribution in [2.45, 2.75) is 38.5 Å². The summed E-state index contributed by atoms with van der Waals surface area (Å²) in [6, 6.07) is 0. The number of hydrogen-bond acceptors (Lipinski definition) is 6. The van der Waals surface area contributed by atoms with Gasteiger partial charge in [-0.25, -0.2) is 4.79 Å². The predicted molar refractivity (Wildman–Crippen MR) is 108 cm³/mol. The number of carbonyl (C=O) groups excluding carboxylic acids is 2. The number of nitrogens with zero attached hydrogens (tertiary/aromatic N) is 2. The van der Waals surface area contributed by atoms with Crippen LogP contribution in [0.25, 0.3) is 0 Å². The SMILES string of the molecule is COC(=O)c1c(NC(=O)C2CCN(S(=O)(=O)N(C)C)CC2)sc2c1CCCC2. The number of rotatable bonds is 5. The monoisotopic (exact) mass is 429 g/mol. The van der Waals surface area contributed by atoms with Crippen LogP contribution >= 0.6 is 11.3 Å². The van der Waals surface area contributed by atoms with Crippen LogP contribution in [0.4, 0.5) is 5.00 Å². The Kier molecular flexibility index (Phi) is 6.43. The minimum Gasteiger partial charge on any atom is -0.465 e. The minimum atomic E-state index is -3.46. The number of hydrogen-bond donors (Lipinski definition) is 1. The van der Waals surface area contributed by atoms with Crippen molar-refractivity contribution >= 4 is 38.4 Å². The number of thiophene rings is 1. The number of nitrogens with one attached hydrogen (secondary N) is 1. The number of fused-ring (bicyclic) bond motifs is 1. The molecule has 1 fully saturated rings. The third-order valence-corrected chi connectivity index (χ3v) is 8.56. The van der Waals surface area contributed by atoms with Crippen LogP contribution < -0.4 is 5.32 Å². The molecule has 3 rings (SSSR count). The molecule has 0 radical (unpaired) electrons. The van der Waals surface area contributed by atoms with Crippen molar-refractivity contribution in [3.8, 4) is 0 Å². The molecule has 10 heteroatoms. The molecule has 1 aromatic heterocycles. The number of piperidine rings is 1. The number of esters is 1. The van der Waals surface area contributed by atoms with E-state index >= 15 is 0 Å². The van der Waals surface area contributed by atoms with Crippen LogP contribution in [-0.4, -0.2) is 63.2 Å². The molecule has 8 nitrogen and oxygen atoms in total. The van der Waals surface area contributed by atoms with Gasteiger partial charge in [-0.3, -0.25) is 4.79 Å². The summed E-state index contributed by atoms with van der Waals surface area (Å²) >= 11 is 1.46. The zero-order chi connectivity index (χ0) is 20.5. The summed E-state index contributed by atoms with van der Waals surface area (Å²) in [5.74, 6) is -0.856. The first-order chi connectivity index (χ1) is 13.3. The van der Waals surface area contributed by atoms with Crippen molar-refractivity contribution in [1.82, 2.24) is 8.61 Å². The van der Waals surface area contributed by atoms with Gasteiger partial charge in [0.25, 0.3) is 10.2 Å². The highest BCUT2D eigenvalue weighted by molar-refractivity contribution is 7.86. The second-order valence-corrected chi connectivity index (χ2v) is 10.6. The first-order valence-corrected chi connectivity index (χ1v) is 11.7. The fourth-order valence-corrected chi connectivity index (χ4v) is 6.18. The van der Waals surface area contributed by atoms with E-state index in [0.717, 1.165) is 36.1 Å². The Balaban J connectivity index is 1.71. The largest absolute Gasteiger partial charge is 0.465 e. The molecule has 1 N–H and O–H groups in total. The molecule has 2 aliphatic rings.